The summed E-state index contributed by atoms with van der Waals surface area (Å²) in [5.74, 6) is 0.422. The van der Waals surface area contributed by atoms with E-state index in [1.54, 1.807) is 6.07 Å². The van der Waals surface area contributed by atoms with Gasteiger partial charge in [-0.25, -0.2) is 4.39 Å². The summed E-state index contributed by atoms with van der Waals surface area (Å²) >= 11 is 5.67. The number of nitrogens with two attached hydrogens (primary N) is 1. The minimum Gasteiger partial charge on any atom is -0.325 e. The molecule has 0 aromatic heterocycles. The molecule has 1 aliphatic rings. The molecule has 94 valence electrons. The summed E-state index contributed by atoms with van der Waals surface area (Å²) in [4.78, 5) is 0. The maximum Gasteiger partial charge on any atom is 0.142 e. The molecule has 1 aliphatic carbocycles. The van der Waals surface area contributed by atoms with Gasteiger partial charge in [0.05, 0.1) is 5.02 Å². The molecule has 0 saturated heterocycles. The predicted molar refractivity (Wildman–Crippen MR) is 69.7 cm³/mol. The van der Waals surface area contributed by atoms with Crippen LogP contribution in [0, 0.1) is 11.7 Å². The molecule has 1 nitrogen and oxygen atoms in total. The minimum absolute atomic E-state index is 0.160. The van der Waals surface area contributed by atoms with Gasteiger partial charge in [-0.1, -0.05) is 24.6 Å². The smallest absolute Gasteiger partial charge is 0.142 e. The highest BCUT2D eigenvalue weighted by Gasteiger charge is 2.30. The van der Waals surface area contributed by atoms with E-state index >= 15 is 0 Å². The number of hydrogen-bond donors (Lipinski definition) is 1. The molecule has 1 aromatic carbocycles. The summed E-state index contributed by atoms with van der Waals surface area (Å²) in [7, 11) is 0. The standard InChI is InChI=1S/C14H19ClFN/c1-10-4-6-14(17,7-5-10)9-11-2-3-12(15)13(16)8-11/h2-3,8,10H,4-7,9,17H2,1H3. The highest BCUT2D eigenvalue weighted by Crippen LogP contribution is 2.32. The van der Waals surface area contributed by atoms with E-state index < -0.39 is 0 Å². The molecule has 1 aromatic rings. The Morgan fingerprint density at radius 2 is 2.06 bits per heavy atom. The van der Waals surface area contributed by atoms with Gasteiger partial charge in [0.2, 0.25) is 0 Å². The Balaban J connectivity index is 2.07. The van der Waals surface area contributed by atoms with Crippen molar-refractivity contribution in [3.63, 3.8) is 0 Å². The topological polar surface area (TPSA) is 26.0 Å². The second-order valence-corrected chi connectivity index (χ2v) is 5.88. The molecule has 2 rings (SSSR count). The third-order valence-electron chi connectivity index (χ3n) is 3.81. The fourth-order valence-corrected chi connectivity index (χ4v) is 2.69. The van der Waals surface area contributed by atoms with Crippen LogP contribution in [0.5, 0.6) is 0 Å². The zero-order chi connectivity index (χ0) is 12.5. The van der Waals surface area contributed by atoms with E-state index in [1.165, 1.54) is 18.9 Å². The molecule has 0 radical (unpaired) electrons. The molecule has 3 heteroatoms. The van der Waals surface area contributed by atoms with Crippen molar-refractivity contribution in [2.45, 2.75) is 44.6 Å². The van der Waals surface area contributed by atoms with Gasteiger partial charge in [-0.15, -0.1) is 0 Å². The third-order valence-corrected chi connectivity index (χ3v) is 4.12. The van der Waals surface area contributed by atoms with Crippen LogP contribution in [0.3, 0.4) is 0 Å². The SMILES string of the molecule is CC1CCC(N)(Cc2ccc(Cl)c(F)c2)CC1. The summed E-state index contributed by atoms with van der Waals surface area (Å²) in [5, 5.41) is 0.178. The Kier molecular flexibility index (Phi) is 3.74. The van der Waals surface area contributed by atoms with Gasteiger partial charge in [-0.2, -0.15) is 0 Å². The lowest BCUT2D eigenvalue weighted by atomic mass is 9.75. The minimum atomic E-state index is -0.350. The van der Waals surface area contributed by atoms with Gasteiger partial charge in [-0.05, 0) is 55.7 Å². The molecule has 2 N–H and O–H groups in total. The van der Waals surface area contributed by atoms with Crippen LogP contribution in [0.1, 0.15) is 38.2 Å². The summed E-state index contributed by atoms with van der Waals surface area (Å²) in [6.45, 7) is 2.27. The lowest BCUT2D eigenvalue weighted by Gasteiger charge is -2.36. The number of rotatable bonds is 2. The Bertz CT molecular complexity index is 397. The third kappa shape index (κ3) is 3.20. The van der Waals surface area contributed by atoms with Crippen LogP contribution in [-0.4, -0.2) is 5.54 Å². The lowest BCUT2D eigenvalue weighted by molar-refractivity contribution is 0.243. The molecule has 1 saturated carbocycles. The molecule has 0 spiro atoms. The molecule has 0 aliphatic heterocycles. The average molecular weight is 256 g/mol. The maximum absolute atomic E-state index is 13.3. The monoisotopic (exact) mass is 255 g/mol. The molecular formula is C14H19ClFN. The average Bonchev–Trinajstić information content (AvgIpc) is 2.28. The van der Waals surface area contributed by atoms with Gasteiger partial charge in [0.15, 0.2) is 0 Å². The Hall–Kier alpha value is -0.600. The predicted octanol–water partition coefficient (Wildman–Crippen LogP) is 3.93. The van der Waals surface area contributed by atoms with Gasteiger partial charge >= 0.3 is 0 Å². The van der Waals surface area contributed by atoms with Gasteiger partial charge < -0.3 is 5.73 Å². The van der Waals surface area contributed by atoms with Crippen LogP contribution in [-0.2, 0) is 6.42 Å². The van der Waals surface area contributed by atoms with Crippen LogP contribution >= 0.6 is 11.6 Å². The van der Waals surface area contributed by atoms with Crippen LogP contribution in [0.4, 0.5) is 4.39 Å². The second kappa shape index (κ2) is 4.95. The lowest BCUT2D eigenvalue weighted by Crippen LogP contribution is -2.45. The summed E-state index contributed by atoms with van der Waals surface area (Å²) in [5.41, 5.74) is 7.17. The van der Waals surface area contributed by atoms with E-state index in [1.807, 2.05) is 6.07 Å². The van der Waals surface area contributed by atoms with Crippen LogP contribution in [0.15, 0.2) is 18.2 Å². The molecule has 1 fully saturated rings. The van der Waals surface area contributed by atoms with Crippen molar-refractivity contribution in [3.05, 3.63) is 34.6 Å². The van der Waals surface area contributed by atoms with Crippen molar-refractivity contribution in [1.82, 2.24) is 0 Å². The Morgan fingerprint density at radius 3 is 2.65 bits per heavy atom. The normalized spacial score (nSPS) is 29.3. The van der Waals surface area contributed by atoms with E-state index in [0.29, 0.717) is 0 Å². The van der Waals surface area contributed by atoms with Crippen molar-refractivity contribution < 1.29 is 4.39 Å². The molecule has 0 unspecified atom stereocenters. The maximum atomic E-state index is 13.3. The molecule has 0 heterocycles. The number of halogens is 2. The van der Waals surface area contributed by atoms with E-state index in [4.69, 9.17) is 17.3 Å². The van der Waals surface area contributed by atoms with Crippen molar-refractivity contribution in [2.24, 2.45) is 11.7 Å². The van der Waals surface area contributed by atoms with Crippen molar-refractivity contribution in [3.8, 4) is 0 Å². The van der Waals surface area contributed by atoms with Crippen LogP contribution in [0.2, 0.25) is 5.02 Å². The molecule has 0 amide bonds. The molecule has 17 heavy (non-hydrogen) atoms. The van der Waals surface area contributed by atoms with Gasteiger partial charge in [-0.3, -0.25) is 0 Å². The van der Waals surface area contributed by atoms with Gasteiger partial charge in [0.25, 0.3) is 0 Å². The van der Waals surface area contributed by atoms with Crippen molar-refractivity contribution in [1.29, 1.82) is 0 Å². The second-order valence-electron chi connectivity index (χ2n) is 5.47. The fourth-order valence-electron chi connectivity index (χ4n) is 2.57. The first-order valence-electron chi connectivity index (χ1n) is 6.21. The van der Waals surface area contributed by atoms with Gasteiger partial charge in [0, 0.05) is 5.54 Å². The number of hydrogen-bond acceptors (Lipinski definition) is 1. The van der Waals surface area contributed by atoms with Crippen molar-refractivity contribution >= 4 is 11.6 Å². The van der Waals surface area contributed by atoms with Crippen LogP contribution in [0.25, 0.3) is 0 Å². The van der Waals surface area contributed by atoms with E-state index in [-0.39, 0.29) is 16.4 Å². The Morgan fingerprint density at radius 1 is 1.41 bits per heavy atom. The molecule has 0 atom stereocenters. The highest BCUT2D eigenvalue weighted by molar-refractivity contribution is 6.30. The number of benzene rings is 1. The largest absolute Gasteiger partial charge is 0.325 e. The zero-order valence-electron chi connectivity index (χ0n) is 10.2. The fraction of sp³-hybridized carbons (Fsp3) is 0.571. The first-order valence-corrected chi connectivity index (χ1v) is 6.59. The van der Waals surface area contributed by atoms with E-state index in [9.17, 15) is 4.39 Å². The first-order chi connectivity index (χ1) is 7.98. The summed E-state index contributed by atoms with van der Waals surface area (Å²) < 4.78 is 13.3. The summed E-state index contributed by atoms with van der Waals surface area (Å²) in [6, 6.07) is 4.99. The van der Waals surface area contributed by atoms with E-state index in [0.717, 1.165) is 30.7 Å². The van der Waals surface area contributed by atoms with Crippen molar-refractivity contribution in [2.75, 3.05) is 0 Å². The molecular weight excluding hydrogens is 237 g/mol. The Labute approximate surface area is 107 Å². The highest BCUT2D eigenvalue weighted by atomic mass is 35.5. The van der Waals surface area contributed by atoms with Crippen LogP contribution < -0.4 is 5.73 Å². The zero-order valence-corrected chi connectivity index (χ0v) is 10.9. The van der Waals surface area contributed by atoms with E-state index in [2.05, 4.69) is 6.92 Å². The quantitative estimate of drug-likeness (QED) is 0.851. The molecule has 0 bridgehead atoms. The first kappa shape index (κ1) is 12.8. The summed E-state index contributed by atoms with van der Waals surface area (Å²) in [6.07, 6.45) is 5.14. The van der Waals surface area contributed by atoms with Gasteiger partial charge in [0.1, 0.15) is 5.82 Å².